The fourth-order valence-corrected chi connectivity index (χ4v) is 3.62. The number of H-pyrrole nitrogens is 2. The van der Waals surface area contributed by atoms with Crippen molar-refractivity contribution in [2.24, 2.45) is 0 Å². The molecule has 0 radical (unpaired) electrons. The molecule has 1 aliphatic rings. The summed E-state index contributed by atoms with van der Waals surface area (Å²) in [5.41, 5.74) is 2.84. The molecule has 3 N–H and O–H groups in total. The Morgan fingerprint density at radius 1 is 1.04 bits per heavy atom. The van der Waals surface area contributed by atoms with Gasteiger partial charge >= 0.3 is 0 Å². The number of halogens is 1. The van der Waals surface area contributed by atoms with Crippen molar-refractivity contribution in [3.05, 3.63) is 81.8 Å². The van der Waals surface area contributed by atoms with Crippen LogP contribution < -0.4 is 10.9 Å². The highest BCUT2D eigenvalue weighted by molar-refractivity contribution is 5.97. The lowest BCUT2D eigenvalue weighted by Gasteiger charge is -2.33. The first-order chi connectivity index (χ1) is 12.7. The van der Waals surface area contributed by atoms with E-state index in [2.05, 4.69) is 30.9 Å². The van der Waals surface area contributed by atoms with Crippen molar-refractivity contribution in [3.8, 4) is 0 Å². The van der Waals surface area contributed by atoms with Gasteiger partial charge < -0.3 is 5.32 Å². The van der Waals surface area contributed by atoms with E-state index in [1.807, 2.05) is 12.1 Å². The Morgan fingerprint density at radius 3 is 2.65 bits per heavy atom. The summed E-state index contributed by atoms with van der Waals surface area (Å²) < 4.78 is 13.4. The predicted octanol–water partition coefficient (Wildman–Crippen LogP) is 2.48. The number of aromatic amines is 2. The maximum atomic E-state index is 13.4. The van der Waals surface area contributed by atoms with Gasteiger partial charge in [-0.2, -0.15) is 20.5 Å². The molecule has 2 aromatic heterocycles. The first-order valence-electron chi connectivity index (χ1n) is 8.11. The summed E-state index contributed by atoms with van der Waals surface area (Å²) in [6, 6.07) is 11.6. The molecule has 2 atom stereocenters. The number of nitrogens with zero attached hydrogens (tertiary/aromatic N) is 3. The van der Waals surface area contributed by atoms with E-state index in [1.165, 1.54) is 12.1 Å². The summed E-state index contributed by atoms with van der Waals surface area (Å²) in [7, 11) is 0. The van der Waals surface area contributed by atoms with Gasteiger partial charge in [-0.05, 0) is 29.8 Å². The second-order valence-electron chi connectivity index (χ2n) is 6.21. The molecule has 0 saturated carbocycles. The highest BCUT2D eigenvalue weighted by atomic mass is 19.1. The first kappa shape index (κ1) is 14.8. The number of hydrogen-bond acceptors (Lipinski definition) is 5. The SMILES string of the molecule is O=c1[nH]nc2c3c(cccc13)NC(c1ccc(F)cc1)C2c1cn[nH]n1. The van der Waals surface area contributed by atoms with Crippen LogP contribution in [0.1, 0.15) is 28.9 Å². The molecule has 0 amide bonds. The topological polar surface area (TPSA) is 99.4 Å². The Balaban J connectivity index is 1.79. The number of rotatable bonds is 2. The van der Waals surface area contributed by atoms with Crippen LogP contribution in [0.2, 0.25) is 0 Å². The van der Waals surface area contributed by atoms with Crippen molar-refractivity contribution in [1.82, 2.24) is 25.6 Å². The molecule has 1 aliphatic heterocycles. The van der Waals surface area contributed by atoms with Crippen molar-refractivity contribution in [2.75, 3.05) is 5.32 Å². The smallest absolute Gasteiger partial charge is 0.272 e. The van der Waals surface area contributed by atoms with Crippen molar-refractivity contribution >= 4 is 16.5 Å². The van der Waals surface area contributed by atoms with Gasteiger partial charge in [-0.3, -0.25) is 4.79 Å². The monoisotopic (exact) mass is 348 g/mol. The minimum Gasteiger partial charge on any atom is -0.377 e. The van der Waals surface area contributed by atoms with Gasteiger partial charge in [0.05, 0.1) is 34.9 Å². The zero-order chi connectivity index (χ0) is 17.7. The van der Waals surface area contributed by atoms with Gasteiger partial charge in [-0.25, -0.2) is 9.49 Å². The average Bonchev–Trinajstić information content (AvgIpc) is 3.19. The third-order valence-corrected chi connectivity index (χ3v) is 4.76. The molecule has 2 aromatic carbocycles. The van der Waals surface area contributed by atoms with E-state index in [1.54, 1.807) is 24.4 Å². The minimum atomic E-state index is -0.299. The Morgan fingerprint density at radius 2 is 1.88 bits per heavy atom. The van der Waals surface area contributed by atoms with E-state index in [4.69, 9.17) is 0 Å². The first-order valence-corrected chi connectivity index (χ1v) is 8.11. The molecule has 8 heteroatoms. The van der Waals surface area contributed by atoms with E-state index >= 15 is 0 Å². The van der Waals surface area contributed by atoms with Gasteiger partial charge in [0.1, 0.15) is 5.82 Å². The summed E-state index contributed by atoms with van der Waals surface area (Å²) in [5, 5.41) is 22.5. The average molecular weight is 348 g/mol. The van der Waals surface area contributed by atoms with Crippen LogP contribution in [0.3, 0.4) is 0 Å². The zero-order valence-electron chi connectivity index (χ0n) is 13.4. The molecule has 0 fully saturated rings. The molecule has 0 bridgehead atoms. The molecule has 3 heterocycles. The summed E-state index contributed by atoms with van der Waals surface area (Å²) in [6.45, 7) is 0. The van der Waals surface area contributed by atoms with E-state index in [0.29, 0.717) is 16.8 Å². The van der Waals surface area contributed by atoms with Crippen LogP contribution in [0, 0.1) is 5.82 Å². The summed E-state index contributed by atoms with van der Waals surface area (Å²) >= 11 is 0. The second kappa shape index (κ2) is 5.48. The predicted molar refractivity (Wildman–Crippen MR) is 93.4 cm³/mol. The molecule has 26 heavy (non-hydrogen) atoms. The summed E-state index contributed by atoms with van der Waals surface area (Å²) in [5.74, 6) is -0.596. The van der Waals surface area contributed by atoms with E-state index in [-0.39, 0.29) is 23.3 Å². The maximum Gasteiger partial charge on any atom is 0.272 e. The summed E-state index contributed by atoms with van der Waals surface area (Å²) in [6.07, 6.45) is 1.63. The minimum absolute atomic E-state index is 0.239. The summed E-state index contributed by atoms with van der Waals surface area (Å²) in [4.78, 5) is 12.2. The molecule has 7 nitrogen and oxygen atoms in total. The van der Waals surface area contributed by atoms with Crippen molar-refractivity contribution in [2.45, 2.75) is 12.0 Å². The number of anilines is 1. The van der Waals surface area contributed by atoms with Gasteiger partial charge in [0.25, 0.3) is 5.56 Å². The third-order valence-electron chi connectivity index (χ3n) is 4.76. The molecule has 5 rings (SSSR count). The fraction of sp³-hybridized carbons (Fsp3) is 0.111. The normalized spacial score (nSPS) is 18.7. The van der Waals surface area contributed by atoms with Crippen molar-refractivity contribution in [1.29, 1.82) is 0 Å². The number of aromatic nitrogens is 5. The molecule has 0 spiro atoms. The number of benzene rings is 2. The zero-order valence-corrected chi connectivity index (χ0v) is 13.4. The Bertz CT molecular complexity index is 1150. The number of hydrogen-bond donors (Lipinski definition) is 3. The van der Waals surface area contributed by atoms with Gasteiger partial charge in [-0.1, -0.05) is 18.2 Å². The lowest BCUT2D eigenvalue weighted by molar-refractivity contribution is 0.609. The largest absolute Gasteiger partial charge is 0.377 e. The van der Waals surface area contributed by atoms with E-state index < -0.39 is 0 Å². The fourth-order valence-electron chi connectivity index (χ4n) is 3.62. The lowest BCUT2D eigenvalue weighted by atomic mass is 9.82. The van der Waals surface area contributed by atoms with Crippen LogP contribution in [0.5, 0.6) is 0 Å². The van der Waals surface area contributed by atoms with Crippen molar-refractivity contribution in [3.63, 3.8) is 0 Å². The van der Waals surface area contributed by atoms with Crippen LogP contribution in [-0.4, -0.2) is 25.6 Å². The van der Waals surface area contributed by atoms with Gasteiger partial charge in [-0.15, -0.1) is 0 Å². The van der Waals surface area contributed by atoms with Crippen LogP contribution in [0.25, 0.3) is 10.8 Å². The van der Waals surface area contributed by atoms with Crippen LogP contribution >= 0.6 is 0 Å². The lowest BCUT2D eigenvalue weighted by Crippen LogP contribution is -2.28. The number of nitrogens with one attached hydrogen (secondary N) is 3. The second-order valence-corrected chi connectivity index (χ2v) is 6.21. The molecular weight excluding hydrogens is 335 g/mol. The van der Waals surface area contributed by atoms with Crippen LogP contribution in [0.4, 0.5) is 10.1 Å². The molecule has 0 aliphatic carbocycles. The van der Waals surface area contributed by atoms with Gasteiger partial charge in [0.2, 0.25) is 0 Å². The van der Waals surface area contributed by atoms with Gasteiger partial charge in [0, 0.05) is 11.1 Å². The Kier molecular flexibility index (Phi) is 3.11. The third kappa shape index (κ3) is 2.12. The van der Waals surface area contributed by atoms with Crippen molar-refractivity contribution < 1.29 is 4.39 Å². The Labute approximate surface area is 146 Å². The van der Waals surface area contributed by atoms with E-state index in [0.717, 1.165) is 16.6 Å². The Hall–Kier alpha value is -3.55. The van der Waals surface area contributed by atoms with Gasteiger partial charge in [0.15, 0.2) is 0 Å². The molecule has 4 aromatic rings. The highest BCUT2D eigenvalue weighted by Crippen LogP contribution is 2.45. The molecule has 2 unspecified atom stereocenters. The van der Waals surface area contributed by atoms with Crippen LogP contribution in [-0.2, 0) is 0 Å². The van der Waals surface area contributed by atoms with E-state index in [9.17, 15) is 9.18 Å². The van der Waals surface area contributed by atoms with Crippen LogP contribution in [0.15, 0.2) is 53.5 Å². The molecule has 128 valence electrons. The molecule has 0 saturated heterocycles. The highest BCUT2D eigenvalue weighted by Gasteiger charge is 2.36. The molecular formula is C18H13FN6O. The quantitative estimate of drug-likeness (QED) is 0.517. The standard InChI is InChI=1S/C18H13FN6O/c19-10-6-4-9(5-7-10)16-15(13-8-20-25-22-13)17-14-11(18(26)24-23-17)2-1-3-12(14)21-16/h1-8,15-16,21H,(H,24,26)(H,20,22,25). The maximum absolute atomic E-state index is 13.4.